The van der Waals surface area contributed by atoms with Crippen molar-refractivity contribution in [2.75, 3.05) is 6.61 Å². The third-order valence-electron chi connectivity index (χ3n) is 1.75. The zero-order valence-electron chi connectivity index (χ0n) is 6.40. The van der Waals surface area contributed by atoms with Crippen LogP contribution in [0.1, 0.15) is 0 Å². The molecule has 1 aliphatic rings. The van der Waals surface area contributed by atoms with Gasteiger partial charge in [-0.25, -0.2) is 10.3 Å². The predicted octanol–water partition coefficient (Wildman–Crippen LogP) is 0.851. The van der Waals surface area contributed by atoms with E-state index in [1.165, 1.54) is 18.2 Å². The first kappa shape index (κ1) is 8.91. The number of nitrogens with two attached hydrogens (primary N) is 1. The average Bonchev–Trinajstić information content (AvgIpc) is 2.05. The topological polar surface area (TPSA) is 59.0 Å². The normalized spacial score (nSPS) is 33.2. The molecule has 4 heteroatoms. The highest BCUT2D eigenvalue weighted by Crippen LogP contribution is 2.28. The van der Waals surface area contributed by atoms with E-state index < -0.39 is 11.6 Å². The molecule has 1 rings (SSSR count). The van der Waals surface area contributed by atoms with Gasteiger partial charge in [0.05, 0.1) is 6.07 Å². The van der Waals surface area contributed by atoms with Crippen molar-refractivity contribution in [1.82, 2.24) is 0 Å². The number of hydrogen-bond acceptors (Lipinski definition) is 3. The number of allylic oxidation sites excluding steroid dienone is 3. The van der Waals surface area contributed by atoms with Crippen molar-refractivity contribution in [1.29, 1.82) is 5.26 Å². The van der Waals surface area contributed by atoms with Crippen LogP contribution in [0, 0.1) is 17.2 Å². The molecule has 12 heavy (non-hydrogen) atoms. The van der Waals surface area contributed by atoms with Gasteiger partial charge in [0.15, 0.2) is 5.67 Å². The molecule has 0 bridgehead atoms. The van der Waals surface area contributed by atoms with Gasteiger partial charge in [-0.15, -0.1) is 0 Å². The first-order chi connectivity index (χ1) is 5.73. The second kappa shape index (κ2) is 3.48. The van der Waals surface area contributed by atoms with Gasteiger partial charge in [-0.3, -0.25) is 0 Å². The number of hydrogen-bond donors (Lipinski definition) is 1. The molecule has 0 radical (unpaired) electrons. The molecule has 0 aromatic rings. The van der Waals surface area contributed by atoms with E-state index in [0.717, 1.165) is 0 Å². The zero-order chi connectivity index (χ0) is 9.03. The number of alkyl halides is 1. The monoisotopic (exact) mass is 168 g/mol. The van der Waals surface area contributed by atoms with Crippen LogP contribution in [0.15, 0.2) is 24.3 Å². The van der Waals surface area contributed by atoms with Gasteiger partial charge < -0.3 is 4.84 Å². The first-order valence-electron chi connectivity index (χ1n) is 3.49. The lowest BCUT2D eigenvalue weighted by Gasteiger charge is -2.24. The van der Waals surface area contributed by atoms with Gasteiger partial charge >= 0.3 is 0 Å². The summed E-state index contributed by atoms with van der Waals surface area (Å²) in [6.07, 6.45) is 5.93. The van der Waals surface area contributed by atoms with Crippen LogP contribution in [0.5, 0.6) is 0 Å². The lowest BCUT2D eigenvalue weighted by Crippen LogP contribution is -2.36. The number of nitriles is 1. The van der Waals surface area contributed by atoms with E-state index in [1.54, 1.807) is 6.08 Å². The van der Waals surface area contributed by atoms with Gasteiger partial charge in [-0.1, -0.05) is 18.2 Å². The van der Waals surface area contributed by atoms with E-state index in [-0.39, 0.29) is 6.61 Å². The van der Waals surface area contributed by atoms with E-state index >= 15 is 0 Å². The molecule has 64 valence electrons. The smallest absolute Gasteiger partial charge is 0.173 e. The molecule has 2 unspecified atom stereocenters. The van der Waals surface area contributed by atoms with Crippen LogP contribution in [0.2, 0.25) is 0 Å². The lowest BCUT2D eigenvalue weighted by molar-refractivity contribution is 0.0295. The third-order valence-corrected chi connectivity index (χ3v) is 1.75. The van der Waals surface area contributed by atoms with Gasteiger partial charge in [0, 0.05) is 0 Å². The Labute approximate surface area is 69.9 Å². The van der Waals surface area contributed by atoms with Crippen molar-refractivity contribution in [3.63, 3.8) is 0 Å². The number of rotatable bonds is 2. The van der Waals surface area contributed by atoms with Crippen LogP contribution in [0.25, 0.3) is 0 Å². The fraction of sp³-hybridized carbons (Fsp3) is 0.375. The Morgan fingerprint density at radius 3 is 3.00 bits per heavy atom. The molecule has 0 aromatic carbocycles. The molecule has 0 aliphatic heterocycles. The zero-order valence-corrected chi connectivity index (χ0v) is 6.40. The molecule has 2 N–H and O–H groups in total. The molecule has 0 saturated heterocycles. The molecule has 0 spiro atoms. The third kappa shape index (κ3) is 1.52. The summed E-state index contributed by atoms with van der Waals surface area (Å²) in [7, 11) is 0. The lowest BCUT2D eigenvalue weighted by atomic mass is 9.87. The Bertz CT molecular complexity index is 256. The highest BCUT2D eigenvalue weighted by molar-refractivity contribution is 5.26. The van der Waals surface area contributed by atoms with E-state index in [9.17, 15) is 4.39 Å². The molecule has 0 saturated carbocycles. The molecular weight excluding hydrogens is 159 g/mol. The van der Waals surface area contributed by atoms with Gasteiger partial charge in [0.1, 0.15) is 12.5 Å². The fourth-order valence-electron chi connectivity index (χ4n) is 1.07. The molecule has 2 atom stereocenters. The Morgan fingerprint density at radius 1 is 1.67 bits per heavy atom. The Hall–Kier alpha value is -1.18. The molecule has 0 aromatic heterocycles. The van der Waals surface area contributed by atoms with Crippen LogP contribution in [-0.2, 0) is 4.84 Å². The molecule has 0 fully saturated rings. The highest BCUT2D eigenvalue weighted by atomic mass is 19.1. The maximum atomic E-state index is 13.7. The van der Waals surface area contributed by atoms with E-state index in [1.807, 2.05) is 6.07 Å². The van der Waals surface area contributed by atoms with Crippen molar-refractivity contribution in [3.05, 3.63) is 24.3 Å². The molecule has 0 heterocycles. The second-order valence-corrected chi connectivity index (χ2v) is 2.59. The van der Waals surface area contributed by atoms with Crippen LogP contribution < -0.4 is 5.90 Å². The Kier molecular flexibility index (Phi) is 2.58. The number of halogens is 1. The quantitative estimate of drug-likeness (QED) is 0.622. The first-order valence-corrected chi connectivity index (χ1v) is 3.49. The summed E-state index contributed by atoms with van der Waals surface area (Å²) in [5, 5.41) is 8.58. The summed E-state index contributed by atoms with van der Waals surface area (Å²) in [6.45, 7) is -0.300. The predicted molar refractivity (Wildman–Crippen MR) is 41.4 cm³/mol. The summed E-state index contributed by atoms with van der Waals surface area (Å²) in [6, 6.07) is 1.83. The average molecular weight is 168 g/mol. The van der Waals surface area contributed by atoms with Crippen LogP contribution >= 0.6 is 0 Å². The maximum Gasteiger partial charge on any atom is 0.173 e. The highest BCUT2D eigenvalue weighted by Gasteiger charge is 2.37. The van der Waals surface area contributed by atoms with Gasteiger partial charge in [-0.05, 0) is 6.08 Å². The summed E-state index contributed by atoms with van der Waals surface area (Å²) in [4.78, 5) is 4.21. The number of nitrogens with zero attached hydrogens (tertiary/aromatic N) is 1. The standard InChI is InChI=1S/C8H9FN2O/c9-8(6-12-11)4-2-1-3-7(8)5-10/h1-4,7H,6,11H2. The SMILES string of the molecule is N#CC1C=CC=CC1(F)CON. The minimum atomic E-state index is -1.78. The fourth-order valence-corrected chi connectivity index (χ4v) is 1.07. The van der Waals surface area contributed by atoms with Crippen molar-refractivity contribution in [3.8, 4) is 6.07 Å². The largest absolute Gasteiger partial charge is 0.301 e. The molecule has 1 aliphatic carbocycles. The van der Waals surface area contributed by atoms with Crippen LogP contribution in [0.4, 0.5) is 4.39 Å². The van der Waals surface area contributed by atoms with E-state index in [0.29, 0.717) is 0 Å². The van der Waals surface area contributed by atoms with Crippen molar-refractivity contribution >= 4 is 0 Å². The van der Waals surface area contributed by atoms with Gasteiger partial charge in [0.25, 0.3) is 0 Å². The minimum Gasteiger partial charge on any atom is -0.301 e. The van der Waals surface area contributed by atoms with Crippen molar-refractivity contribution < 1.29 is 9.23 Å². The Morgan fingerprint density at radius 2 is 2.42 bits per heavy atom. The molecule has 3 nitrogen and oxygen atoms in total. The minimum absolute atomic E-state index is 0.300. The summed E-state index contributed by atoms with van der Waals surface area (Å²) >= 11 is 0. The van der Waals surface area contributed by atoms with Crippen molar-refractivity contribution in [2.24, 2.45) is 11.8 Å². The molecule has 0 amide bonds. The summed E-state index contributed by atoms with van der Waals surface area (Å²) < 4.78 is 13.7. The second-order valence-electron chi connectivity index (χ2n) is 2.59. The van der Waals surface area contributed by atoms with Crippen LogP contribution in [0.3, 0.4) is 0 Å². The Balaban J connectivity index is 2.81. The van der Waals surface area contributed by atoms with Crippen molar-refractivity contribution in [2.45, 2.75) is 5.67 Å². The maximum absolute atomic E-state index is 13.7. The molecular formula is C8H9FN2O. The van der Waals surface area contributed by atoms with Gasteiger partial charge in [0.2, 0.25) is 0 Å². The summed E-state index contributed by atoms with van der Waals surface area (Å²) in [5.41, 5.74) is -1.78. The van der Waals surface area contributed by atoms with E-state index in [2.05, 4.69) is 4.84 Å². The summed E-state index contributed by atoms with van der Waals surface area (Å²) in [5.74, 6) is 3.94. The van der Waals surface area contributed by atoms with Crippen LogP contribution in [-0.4, -0.2) is 12.3 Å². The van der Waals surface area contributed by atoms with E-state index in [4.69, 9.17) is 11.2 Å². The van der Waals surface area contributed by atoms with Gasteiger partial charge in [-0.2, -0.15) is 5.26 Å².